The molecule has 1 amide bonds. The van der Waals surface area contributed by atoms with E-state index in [1.54, 1.807) is 12.3 Å². The highest BCUT2D eigenvalue weighted by atomic mass is 16.6. The Labute approximate surface area is 158 Å². The predicted octanol–water partition coefficient (Wildman–Crippen LogP) is 3.80. The number of amides is 1. The number of hydrogen-bond donors (Lipinski definition) is 2. The maximum Gasteiger partial charge on any atom is 0.408 e. The van der Waals surface area contributed by atoms with Crippen LogP contribution in [0, 0.1) is 0 Å². The van der Waals surface area contributed by atoms with Crippen molar-refractivity contribution in [3.05, 3.63) is 42.4 Å². The molecule has 7 nitrogen and oxygen atoms in total. The number of nitrogen functional groups attached to an aromatic ring is 1. The first kappa shape index (κ1) is 18.7. The number of alkyl carbamates (subject to hydrolysis) is 1. The quantitative estimate of drug-likeness (QED) is 0.734. The van der Waals surface area contributed by atoms with Gasteiger partial charge in [0.05, 0.1) is 22.8 Å². The van der Waals surface area contributed by atoms with Gasteiger partial charge in [-0.3, -0.25) is 0 Å². The number of aromatic nitrogens is 3. The average molecular weight is 367 g/mol. The van der Waals surface area contributed by atoms with E-state index in [9.17, 15) is 4.79 Å². The van der Waals surface area contributed by atoms with Gasteiger partial charge in [-0.2, -0.15) is 0 Å². The van der Waals surface area contributed by atoms with Crippen molar-refractivity contribution in [2.24, 2.45) is 7.05 Å². The molecule has 0 unspecified atom stereocenters. The number of anilines is 1. The third-order valence-corrected chi connectivity index (χ3v) is 4.13. The van der Waals surface area contributed by atoms with Gasteiger partial charge < -0.3 is 20.4 Å². The number of rotatable bonds is 3. The van der Waals surface area contributed by atoms with Gasteiger partial charge >= 0.3 is 6.09 Å². The van der Waals surface area contributed by atoms with Crippen LogP contribution in [0.5, 0.6) is 0 Å². The Morgan fingerprint density at radius 3 is 2.70 bits per heavy atom. The van der Waals surface area contributed by atoms with Crippen LogP contribution in [0.25, 0.3) is 22.2 Å². The normalized spacial score (nSPS) is 12.8. The molecule has 0 aliphatic rings. The highest BCUT2D eigenvalue weighted by Crippen LogP contribution is 2.31. The fourth-order valence-electron chi connectivity index (χ4n) is 2.93. The van der Waals surface area contributed by atoms with Crippen molar-refractivity contribution in [1.29, 1.82) is 0 Å². The average Bonchev–Trinajstić information content (AvgIpc) is 2.92. The molecular weight excluding hydrogens is 342 g/mol. The summed E-state index contributed by atoms with van der Waals surface area (Å²) in [6, 6.07) is 7.33. The second-order valence-electron chi connectivity index (χ2n) is 7.59. The van der Waals surface area contributed by atoms with Gasteiger partial charge in [0.2, 0.25) is 0 Å². The number of nitrogens with two attached hydrogens (primary N) is 1. The lowest BCUT2D eigenvalue weighted by Gasteiger charge is -2.23. The van der Waals surface area contributed by atoms with Gasteiger partial charge in [-0.25, -0.2) is 14.8 Å². The molecule has 0 spiro atoms. The summed E-state index contributed by atoms with van der Waals surface area (Å²) in [6.45, 7) is 7.37. The molecule has 3 heterocycles. The minimum atomic E-state index is -0.566. The van der Waals surface area contributed by atoms with Crippen molar-refractivity contribution >= 4 is 22.9 Å². The Hall–Kier alpha value is -3.09. The lowest BCUT2D eigenvalue weighted by molar-refractivity contribution is 0.0507. The molecule has 0 aromatic carbocycles. The number of hydrogen-bond acceptors (Lipinski definition) is 5. The predicted molar refractivity (Wildman–Crippen MR) is 106 cm³/mol. The van der Waals surface area contributed by atoms with E-state index in [-0.39, 0.29) is 6.04 Å². The number of carbonyl (C=O) groups excluding carboxylic acids is 1. The third-order valence-electron chi connectivity index (χ3n) is 4.13. The Balaban J connectivity index is 2.05. The standard InChI is InChI=1S/C20H25N5O2/c1-12(23-19(26)27-20(2,3)4)18-14(13-6-8-22-17(21)10-13)11-16-15(24-18)7-9-25(16)5/h6-12H,1-5H3,(H2,21,22)(H,23,26)/t12-/m0/s1. The minimum absolute atomic E-state index is 0.353. The van der Waals surface area contributed by atoms with E-state index in [4.69, 9.17) is 15.5 Å². The van der Waals surface area contributed by atoms with Gasteiger partial charge in [0.1, 0.15) is 11.4 Å². The Kier molecular flexibility index (Phi) is 4.78. The lowest BCUT2D eigenvalue weighted by Crippen LogP contribution is -2.34. The Morgan fingerprint density at radius 1 is 1.30 bits per heavy atom. The van der Waals surface area contributed by atoms with E-state index in [0.717, 1.165) is 27.9 Å². The number of ether oxygens (including phenoxy) is 1. The zero-order valence-electron chi connectivity index (χ0n) is 16.3. The van der Waals surface area contributed by atoms with Crippen LogP contribution in [0.4, 0.5) is 10.6 Å². The topological polar surface area (TPSA) is 95.1 Å². The number of nitrogens with one attached hydrogen (secondary N) is 1. The van der Waals surface area contributed by atoms with Crippen LogP contribution < -0.4 is 11.1 Å². The van der Waals surface area contributed by atoms with Gasteiger partial charge in [0.15, 0.2) is 0 Å². The van der Waals surface area contributed by atoms with Crippen molar-refractivity contribution in [2.45, 2.75) is 39.3 Å². The summed E-state index contributed by atoms with van der Waals surface area (Å²) < 4.78 is 7.38. The van der Waals surface area contributed by atoms with E-state index in [2.05, 4.69) is 16.4 Å². The monoisotopic (exact) mass is 367 g/mol. The molecule has 3 N–H and O–H groups in total. The highest BCUT2D eigenvalue weighted by Gasteiger charge is 2.22. The molecule has 3 aromatic heterocycles. The molecular formula is C20H25N5O2. The molecule has 27 heavy (non-hydrogen) atoms. The molecule has 0 fully saturated rings. The number of nitrogens with zero attached hydrogens (tertiary/aromatic N) is 3. The summed E-state index contributed by atoms with van der Waals surface area (Å²) >= 11 is 0. The van der Waals surface area contributed by atoms with E-state index < -0.39 is 11.7 Å². The highest BCUT2D eigenvalue weighted by molar-refractivity contribution is 5.84. The van der Waals surface area contributed by atoms with Crippen LogP contribution in [0.15, 0.2) is 36.7 Å². The van der Waals surface area contributed by atoms with Gasteiger partial charge in [0, 0.05) is 25.0 Å². The summed E-state index contributed by atoms with van der Waals surface area (Å²) in [7, 11) is 1.97. The largest absolute Gasteiger partial charge is 0.444 e. The van der Waals surface area contributed by atoms with Crippen molar-refractivity contribution in [3.63, 3.8) is 0 Å². The Morgan fingerprint density at radius 2 is 2.04 bits per heavy atom. The minimum Gasteiger partial charge on any atom is -0.444 e. The molecule has 0 aliphatic heterocycles. The fraction of sp³-hybridized carbons (Fsp3) is 0.350. The molecule has 0 aliphatic carbocycles. The molecule has 0 bridgehead atoms. The number of carbonyl (C=O) groups is 1. The van der Waals surface area contributed by atoms with Crippen LogP contribution in [-0.4, -0.2) is 26.2 Å². The third kappa shape index (κ3) is 4.19. The molecule has 0 radical (unpaired) electrons. The summed E-state index contributed by atoms with van der Waals surface area (Å²) in [4.78, 5) is 21.1. The molecule has 0 saturated heterocycles. The molecule has 142 valence electrons. The molecule has 3 aromatic rings. The van der Waals surface area contributed by atoms with Gasteiger partial charge in [-0.05, 0) is 57.5 Å². The number of aryl methyl sites for hydroxylation is 1. The maximum absolute atomic E-state index is 12.2. The van der Waals surface area contributed by atoms with Gasteiger partial charge in [-0.1, -0.05) is 0 Å². The van der Waals surface area contributed by atoms with Crippen LogP contribution in [0.2, 0.25) is 0 Å². The molecule has 1 atom stereocenters. The van der Waals surface area contributed by atoms with E-state index in [0.29, 0.717) is 5.82 Å². The molecule has 3 rings (SSSR count). The molecule has 7 heteroatoms. The van der Waals surface area contributed by atoms with Gasteiger partial charge in [0.25, 0.3) is 0 Å². The zero-order chi connectivity index (χ0) is 19.8. The second kappa shape index (κ2) is 6.90. The number of fused-ring (bicyclic) bond motifs is 1. The smallest absolute Gasteiger partial charge is 0.408 e. The van der Waals surface area contributed by atoms with Crippen LogP contribution in [-0.2, 0) is 11.8 Å². The van der Waals surface area contributed by atoms with Gasteiger partial charge in [-0.15, -0.1) is 0 Å². The zero-order valence-corrected chi connectivity index (χ0v) is 16.3. The number of pyridine rings is 2. The molecule has 0 saturated carbocycles. The lowest BCUT2D eigenvalue weighted by atomic mass is 10.0. The van der Waals surface area contributed by atoms with E-state index in [1.165, 1.54) is 0 Å². The maximum atomic E-state index is 12.2. The second-order valence-corrected chi connectivity index (χ2v) is 7.59. The summed E-state index contributed by atoms with van der Waals surface area (Å²) in [5, 5.41) is 2.87. The van der Waals surface area contributed by atoms with E-state index >= 15 is 0 Å². The van der Waals surface area contributed by atoms with Crippen molar-refractivity contribution < 1.29 is 9.53 Å². The fourth-order valence-corrected chi connectivity index (χ4v) is 2.93. The summed E-state index contributed by atoms with van der Waals surface area (Å²) in [6.07, 6.45) is 3.14. The summed E-state index contributed by atoms with van der Waals surface area (Å²) in [5.74, 6) is 0.429. The van der Waals surface area contributed by atoms with Crippen LogP contribution in [0.3, 0.4) is 0 Å². The first-order chi connectivity index (χ1) is 12.6. The summed E-state index contributed by atoms with van der Waals surface area (Å²) in [5.41, 5.74) is 9.68. The van der Waals surface area contributed by atoms with Crippen molar-refractivity contribution in [3.8, 4) is 11.1 Å². The Bertz CT molecular complexity index is 988. The van der Waals surface area contributed by atoms with Crippen LogP contribution in [0.1, 0.15) is 39.4 Å². The first-order valence-electron chi connectivity index (χ1n) is 8.81. The van der Waals surface area contributed by atoms with E-state index in [1.807, 2.05) is 57.6 Å². The first-order valence-corrected chi connectivity index (χ1v) is 8.81. The van der Waals surface area contributed by atoms with Crippen LogP contribution >= 0.6 is 0 Å². The SMILES string of the molecule is C[C@H](NC(=O)OC(C)(C)C)c1nc2ccn(C)c2cc1-c1ccnc(N)c1. The van der Waals surface area contributed by atoms with Crippen molar-refractivity contribution in [1.82, 2.24) is 19.9 Å². The van der Waals surface area contributed by atoms with Crippen molar-refractivity contribution in [2.75, 3.05) is 5.73 Å².